The van der Waals surface area contributed by atoms with E-state index < -0.39 is 0 Å². The molecule has 0 aromatic heterocycles. The minimum absolute atomic E-state index is 0.605. The topological polar surface area (TPSA) is 59.0 Å². The van der Waals surface area contributed by atoms with E-state index in [1.54, 1.807) is 19.2 Å². The summed E-state index contributed by atoms with van der Waals surface area (Å²) < 4.78 is 5.31. The third-order valence-electron chi connectivity index (χ3n) is 2.78. The molecule has 20 heavy (non-hydrogen) atoms. The van der Waals surface area contributed by atoms with Gasteiger partial charge in [-0.2, -0.15) is 5.26 Å². The number of halogens is 1. The second-order valence-electron chi connectivity index (χ2n) is 4.09. The van der Waals surface area contributed by atoms with Crippen LogP contribution in [0.1, 0.15) is 11.1 Å². The van der Waals surface area contributed by atoms with Crippen LogP contribution < -0.4 is 10.5 Å². The van der Waals surface area contributed by atoms with Crippen LogP contribution in [-0.4, -0.2) is 7.11 Å². The first-order valence-corrected chi connectivity index (χ1v) is 7.26. The number of benzene rings is 2. The molecule has 0 radical (unpaired) electrons. The Morgan fingerprint density at radius 2 is 2.15 bits per heavy atom. The third kappa shape index (κ3) is 3.19. The van der Waals surface area contributed by atoms with Gasteiger partial charge in [-0.1, -0.05) is 17.7 Å². The van der Waals surface area contributed by atoms with Gasteiger partial charge >= 0.3 is 0 Å². The Morgan fingerprint density at radius 3 is 2.80 bits per heavy atom. The van der Waals surface area contributed by atoms with Gasteiger partial charge in [0.1, 0.15) is 5.75 Å². The molecule has 0 aliphatic carbocycles. The smallest absolute Gasteiger partial charge is 0.122 e. The highest BCUT2D eigenvalue weighted by molar-refractivity contribution is 7.98. The Labute approximate surface area is 127 Å². The van der Waals surface area contributed by atoms with Gasteiger partial charge in [0, 0.05) is 21.9 Å². The fraction of sp³-hybridized carbons (Fsp3) is 0.133. The van der Waals surface area contributed by atoms with Crippen molar-refractivity contribution < 1.29 is 4.74 Å². The first-order valence-electron chi connectivity index (χ1n) is 5.89. The fourth-order valence-corrected chi connectivity index (χ4v) is 3.10. The van der Waals surface area contributed by atoms with Gasteiger partial charge in [0.2, 0.25) is 0 Å². The average molecular weight is 305 g/mol. The van der Waals surface area contributed by atoms with Crippen molar-refractivity contribution in [1.82, 2.24) is 0 Å². The zero-order valence-corrected chi connectivity index (χ0v) is 12.5. The van der Waals surface area contributed by atoms with Gasteiger partial charge in [0.05, 0.1) is 23.8 Å². The molecular formula is C15H13ClN2OS. The second-order valence-corrected chi connectivity index (χ2v) is 5.48. The second kappa shape index (κ2) is 6.56. The zero-order chi connectivity index (χ0) is 14.5. The van der Waals surface area contributed by atoms with Gasteiger partial charge in [-0.3, -0.25) is 0 Å². The number of nitrogens with two attached hydrogens (primary N) is 1. The number of methoxy groups -OCH3 is 1. The van der Waals surface area contributed by atoms with Crippen LogP contribution in [0.3, 0.4) is 0 Å². The average Bonchev–Trinajstić information content (AvgIpc) is 2.46. The Hall–Kier alpha value is -1.83. The Balaban J connectivity index is 2.25. The number of thioether (sulfide) groups is 1. The molecule has 2 rings (SSSR count). The molecule has 0 heterocycles. The maximum atomic E-state index is 8.96. The summed E-state index contributed by atoms with van der Waals surface area (Å²) in [4.78, 5) is 0.846. The van der Waals surface area contributed by atoms with Crippen LogP contribution in [0, 0.1) is 11.3 Å². The summed E-state index contributed by atoms with van der Waals surface area (Å²) in [5.41, 5.74) is 8.12. The number of anilines is 1. The number of nitrogen functional groups attached to an aromatic ring is 1. The first kappa shape index (κ1) is 14.6. The number of nitrogens with zero attached hydrogens (tertiary/aromatic N) is 1. The molecule has 102 valence electrons. The van der Waals surface area contributed by atoms with Crippen molar-refractivity contribution in [1.29, 1.82) is 5.26 Å². The van der Waals surface area contributed by atoms with E-state index in [0.717, 1.165) is 16.2 Å². The summed E-state index contributed by atoms with van der Waals surface area (Å²) in [5.74, 6) is 1.38. The lowest BCUT2D eigenvalue weighted by atomic mass is 10.1. The highest BCUT2D eigenvalue weighted by Gasteiger charge is 2.09. The number of hydrogen-bond donors (Lipinski definition) is 1. The van der Waals surface area contributed by atoms with Crippen LogP contribution in [0.5, 0.6) is 5.75 Å². The van der Waals surface area contributed by atoms with E-state index in [9.17, 15) is 0 Å². The molecule has 5 heteroatoms. The monoisotopic (exact) mass is 304 g/mol. The molecule has 2 aromatic rings. The predicted molar refractivity (Wildman–Crippen MR) is 83.1 cm³/mol. The predicted octanol–water partition coefficient (Wildman–Crippen LogP) is 4.09. The lowest BCUT2D eigenvalue weighted by Gasteiger charge is -2.10. The minimum Gasteiger partial charge on any atom is -0.496 e. The van der Waals surface area contributed by atoms with Crippen molar-refractivity contribution in [2.24, 2.45) is 0 Å². The normalized spacial score (nSPS) is 10.1. The molecule has 0 amide bonds. The number of rotatable bonds is 4. The van der Waals surface area contributed by atoms with Crippen molar-refractivity contribution in [3.8, 4) is 11.8 Å². The van der Waals surface area contributed by atoms with Crippen molar-refractivity contribution in [3.63, 3.8) is 0 Å². The van der Waals surface area contributed by atoms with Gasteiger partial charge in [-0.15, -0.1) is 11.8 Å². The Morgan fingerprint density at radius 1 is 1.35 bits per heavy atom. The summed E-state index contributed by atoms with van der Waals surface area (Å²) >= 11 is 7.67. The van der Waals surface area contributed by atoms with Crippen LogP contribution in [0.4, 0.5) is 5.69 Å². The molecule has 0 saturated heterocycles. The number of nitriles is 1. The van der Waals surface area contributed by atoms with Crippen LogP contribution >= 0.6 is 23.4 Å². The molecule has 2 aromatic carbocycles. The number of hydrogen-bond acceptors (Lipinski definition) is 4. The molecule has 0 fully saturated rings. The summed E-state index contributed by atoms with van der Waals surface area (Å²) in [6, 6.07) is 12.9. The summed E-state index contributed by atoms with van der Waals surface area (Å²) in [6.45, 7) is 0. The quantitative estimate of drug-likeness (QED) is 0.682. The van der Waals surface area contributed by atoms with Crippen molar-refractivity contribution in [3.05, 3.63) is 52.5 Å². The third-order valence-corrected chi connectivity index (χ3v) is 4.41. The lowest BCUT2D eigenvalue weighted by Crippen LogP contribution is -1.93. The fourth-order valence-electron chi connectivity index (χ4n) is 1.79. The summed E-state index contributed by atoms with van der Waals surface area (Å²) in [6.07, 6.45) is 0. The van der Waals surface area contributed by atoms with Gasteiger partial charge in [-0.05, 0) is 30.3 Å². The van der Waals surface area contributed by atoms with Crippen molar-refractivity contribution >= 4 is 29.1 Å². The Kier molecular flexibility index (Phi) is 4.78. The first-order chi connectivity index (χ1) is 9.65. The summed E-state index contributed by atoms with van der Waals surface area (Å²) in [5, 5.41) is 9.59. The van der Waals surface area contributed by atoms with Crippen LogP contribution in [-0.2, 0) is 5.75 Å². The van der Waals surface area contributed by atoms with Gasteiger partial charge < -0.3 is 10.5 Å². The van der Waals surface area contributed by atoms with E-state index in [0.29, 0.717) is 22.0 Å². The molecule has 0 aliphatic heterocycles. The van der Waals surface area contributed by atoms with E-state index in [4.69, 9.17) is 27.3 Å². The van der Waals surface area contributed by atoms with Crippen LogP contribution in [0.25, 0.3) is 0 Å². The lowest BCUT2D eigenvalue weighted by molar-refractivity contribution is 0.411. The maximum absolute atomic E-state index is 8.96. The molecule has 0 bridgehead atoms. The molecule has 0 atom stereocenters. The minimum atomic E-state index is 0.605. The van der Waals surface area contributed by atoms with Gasteiger partial charge in [0.25, 0.3) is 0 Å². The van der Waals surface area contributed by atoms with Crippen LogP contribution in [0.15, 0.2) is 41.3 Å². The molecular weight excluding hydrogens is 292 g/mol. The largest absolute Gasteiger partial charge is 0.496 e. The Bertz CT molecular complexity index is 647. The van der Waals surface area contributed by atoms with E-state index in [-0.39, 0.29) is 0 Å². The standard InChI is InChI=1S/C15H13ClN2OS/c1-19-14-6-5-10(8-17)7-11(14)9-20-15-12(16)3-2-4-13(15)18/h2-7H,9,18H2,1H3. The molecule has 0 saturated carbocycles. The zero-order valence-electron chi connectivity index (χ0n) is 10.9. The maximum Gasteiger partial charge on any atom is 0.122 e. The van der Waals surface area contributed by atoms with E-state index in [2.05, 4.69) is 6.07 Å². The summed E-state index contributed by atoms with van der Waals surface area (Å²) in [7, 11) is 1.61. The van der Waals surface area contributed by atoms with E-state index in [1.165, 1.54) is 11.8 Å². The molecule has 0 spiro atoms. The van der Waals surface area contributed by atoms with Crippen LogP contribution in [0.2, 0.25) is 5.02 Å². The highest BCUT2D eigenvalue weighted by atomic mass is 35.5. The molecule has 0 unspecified atom stereocenters. The van der Waals surface area contributed by atoms with E-state index in [1.807, 2.05) is 24.3 Å². The SMILES string of the molecule is COc1ccc(C#N)cc1CSc1c(N)cccc1Cl. The highest BCUT2D eigenvalue weighted by Crippen LogP contribution is 2.36. The van der Waals surface area contributed by atoms with Crippen molar-refractivity contribution in [2.75, 3.05) is 12.8 Å². The van der Waals surface area contributed by atoms with Gasteiger partial charge in [-0.25, -0.2) is 0 Å². The molecule has 0 aliphatic rings. The van der Waals surface area contributed by atoms with E-state index >= 15 is 0 Å². The molecule has 3 nitrogen and oxygen atoms in total. The number of ether oxygens (including phenoxy) is 1. The van der Waals surface area contributed by atoms with Gasteiger partial charge in [0.15, 0.2) is 0 Å². The molecule has 2 N–H and O–H groups in total. The van der Waals surface area contributed by atoms with Crippen molar-refractivity contribution in [2.45, 2.75) is 10.6 Å².